The van der Waals surface area contributed by atoms with Gasteiger partial charge in [-0.15, -0.1) is 0 Å². The van der Waals surface area contributed by atoms with Gasteiger partial charge in [0, 0.05) is 6.04 Å². The van der Waals surface area contributed by atoms with Gasteiger partial charge in [-0.05, 0) is 43.0 Å². The van der Waals surface area contributed by atoms with Gasteiger partial charge in [0.1, 0.15) is 5.75 Å². The normalized spacial score (nSPS) is 13.8. The SMILES string of the molecule is CC(NCCC(C)(C)C)c1ccc(O)cc1. The Balaban J connectivity index is 2.41. The van der Waals surface area contributed by atoms with Gasteiger partial charge in [0.2, 0.25) is 0 Å². The molecule has 0 spiro atoms. The predicted molar refractivity (Wildman–Crippen MR) is 68.6 cm³/mol. The molecule has 0 fully saturated rings. The summed E-state index contributed by atoms with van der Waals surface area (Å²) in [6.45, 7) is 9.92. The third-order valence-corrected chi connectivity index (χ3v) is 2.72. The van der Waals surface area contributed by atoms with E-state index >= 15 is 0 Å². The molecule has 0 aliphatic heterocycles. The van der Waals surface area contributed by atoms with Crippen LogP contribution >= 0.6 is 0 Å². The fourth-order valence-electron chi connectivity index (χ4n) is 1.54. The van der Waals surface area contributed by atoms with Gasteiger partial charge in [-0.2, -0.15) is 0 Å². The third kappa shape index (κ3) is 4.67. The Bertz CT molecular complexity index is 311. The summed E-state index contributed by atoms with van der Waals surface area (Å²) < 4.78 is 0. The van der Waals surface area contributed by atoms with E-state index in [0.29, 0.717) is 17.2 Å². The van der Waals surface area contributed by atoms with Gasteiger partial charge in [-0.3, -0.25) is 0 Å². The minimum atomic E-state index is 0.325. The van der Waals surface area contributed by atoms with E-state index in [0.717, 1.165) is 13.0 Å². The molecule has 0 saturated carbocycles. The van der Waals surface area contributed by atoms with E-state index in [4.69, 9.17) is 0 Å². The van der Waals surface area contributed by atoms with E-state index in [9.17, 15) is 5.11 Å². The third-order valence-electron chi connectivity index (χ3n) is 2.72. The lowest BCUT2D eigenvalue weighted by atomic mass is 9.92. The lowest BCUT2D eigenvalue weighted by molar-refractivity contribution is 0.358. The molecular formula is C14H23NO. The van der Waals surface area contributed by atoms with Crippen LogP contribution in [0.15, 0.2) is 24.3 Å². The van der Waals surface area contributed by atoms with Crippen LogP contribution in [0.25, 0.3) is 0 Å². The first-order valence-electron chi connectivity index (χ1n) is 5.91. The topological polar surface area (TPSA) is 32.3 Å². The Labute approximate surface area is 98.7 Å². The Morgan fingerprint density at radius 3 is 2.25 bits per heavy atom. The molecule has 0 amide bonds. The smallest absolute Gasteiger partial charge is 0.115 e. The molecule has 0 aliphatic carbocycles. The zero-order valence-electron chi connectivity index (χ0n) is 10.7. The molecule has 1 rings (SSSR count). The van der Waals surface area contributed by atoms with Crippen LogP contribution in [-0.4, -0.2) is 11.7 Å². The maximum Gasteiger partial charge on any atom is 0.115 e. The summed E-state index contributed by atoms with van der Waals surface area (Å²) in [6.07, 6.45) is 1.16. The summed E-state index contributed by atoms with van der Waals surface area (Å²) in [5.41, 5.74) is 1.59. The quantitative estimate of drug-likeness (QED) is 0.816. The number of hydrogen-bond acceptors (Lipinski definition) is 2. The first-order valence-corrected chi connectivity index (χ1v) is 5.91. The number of hydrogen-bond donors (Lipinski definition) is 2. The van der Waals surface area contributed by atoms with Gasteiger partial charge in [0.25, 0.3) is 0 Å². The number of benzene rings is 1. The summed E-state index contributed by atoms with van der Waals surface area (Å²) >= 11 is 0. The highest BCUT2D eigenvalue weighted by molar-refractivity contribution is 5.27. The Morgan fingerprint density at radius 1 is 1.19 bits per heavy atom. The van der Waals surface area contributed by atoms with Crippen molar-refractivity contribution < 1.29 is 5.11 Å². The molecule has 0 bridgehead atoms. The molecule has 1 aromatic carbocycles. The fourth-order valence-corrected chi connectivity index (χ4v) is 1.54. The first-order chi connectivity index (χ1) is 7.38. The molecular weight excluding hydrogens is 198 g/mol. The summed E-state index contributed by atoms with van der Waals surface area (Å²) in [5, 5.41) is 12.7. The maximum atomic E-state index is 9.20. The molecule has 16 heavy (non-hydrogen) atoms. The highest BCUT2D eigenvalue weighted by Gasteiger charge is 2.10. The Morgan fingerprint density at radius 2 is 1.75 bits per heavy atom. The van der Waals surface area contributed by atoms with Crippen molar-refractivity contribution in [2.24, 2.45) is 5.41 Å². The number of nitrogens with one attached hydrogen (secondary N) is 1. The van der Waals surface area contributed by atoms with Crippen LogP contribution in [0.4, 0.5) is 0 Å². The zero-order chi connectivity index (χ0) is 12.2. The molecule has 1 atom stereocenters. The minimum absolute atomic E-state index is 0.325. The van der Waals surface area contributed by atoms with Crippen LogP contribution in [0.1, 0.15) is 45.7 Å². The molecule has 0 radical (unpaired) electrons. The van der Waals surface area contributed by atoms with E-state index < -0.39 is 0 Å². The Kier molecular flexibility index (Phi) is 4.36. The molecule has 0 aromatic heterocycles. The summed E-state index contributed by atoms with van der Waals surface area (Å²) in [7, 11) is 0. The minimum Gasteiger partial charge on any atom is -0.508 e. The summed E-state index contributed by atoms with van der Waals surface area (Å²) in [4.78, 5) is 0. The highest BCUT2D eigenvalue weighted by Crippen LogP contribution is 2.19. The monoisotopic (exact) mass is 221 g/mol. The van der Waals surface area contributed by atoms with E-state index in [1.54, 1.807) is 12.1 Å². The van der Waals surface area contributed by atoms with Crippen LogP contribution in [0, 0.1) is 5.41 Å². The molecule has 2 heteroatoms. The lowest BCUT2D eigenvalue weighted by Gasteiger charge is -2.21. The molecule has 0 saturated heterocycles. The summed E-state index contributed by atoms with van der Waals surface area (Å²) in [6, 6.07) is 7.73. The standard InChI is InChI=1S/C14H23NO/c1-11(15-10-9-14(2,3)4)12-5-7-13(16)8-6-12/h5-8,11,15-16H,9-10H2,1-4H3. The molecule has 2 nitrogen and oxygen atoms in total. The Hall–Kier alpha value is -1.02. The van der Waals surface area contributed by atoms with Crippen molar-refractivity contribution >= 4 is 0 Å². The second-order valence-corrected chi connectivity index (χ2v) is 5.58. The average molecular weight is 221 g/mol. The molecule has 1 unspecified atom stereocenters. The molecule has 0 heterocycles. The largest absolute Gasteiger partial charge is 0.508 e. The van der Waals surface area contributed by atoms with Crippen molar-refractivity contribution in [1.82, 2.24) is 5.32 Å². The van der Waals surface area contributed by atoms with E-state index in [1.807, 2.05) is 12.1 Å². The average Bonchev–Trinajstić information content (AvgIpc) is 2.16. The molecule has 0 aliphatic rings. The van der Waals surface area contributed by atoms with Crippen molar-refractivity contribution in [2.75, 3.05) is 6.54 Å². The van der Waals surface area contributed by atoms with Crippen molar-refractivity contribution in [3.05, 3.63) is 29.8 Å². The van der Waals surface area contributed by atoms with Gasteiger partial charge in [-0.1, -0.05) is 32.9 Å². The molecule has 1 aromatic rings. The van der Waals surface area contributed by atoms with Gasteiger partial charge in [-0.25, -0.2) is 0 Å². The van der Waals surface area contributed by atoms with E-state index in [2.05, 4.69) is 33.0 Å². The van der Waals surface area contributed by atoms with Crippen molar-refractivity contribution in [1.29, 1.82) is 0 Å². The highest BCUT2D eigenvalue weighted by atomic mass is 16.3. The van der Waals surface area contributed by atoms with Crippen LogP contribution < -0.4 is 5.32 Å². The van der Waals surface area contributed by atoms with Crippen molar-refractivity contribution in [2.45, 2.75) is 40.2 Å². The zero-order valence-corrected chi connectivity index (χ0v) is 10.7. The number of phenols is 1. The van der Waals surface area contributed by atoms with Gasteiger partial charge >= 0.3 is 0 Å². The van der Waals surface area contributed by atoms with Crippen molar-refractivity contribution in [3.63, 3.8) is 0 Å². The molecule has 90 valence electrons. The first kappa shape index (κ1) is 13.0. The van der Waals surface area contributed by atoms with Crippen LogP contribution in [0.3, 0.4) is 0 Å². The second-order valence-electron chi connectivity index (χ2n) is 5.58. The summed E-state index contributed by atoms with van der Waals surface area (Å²) in [5.74, 6) is 0.325. The van der Waals surface area contributed by atoms with Crippen LogP contribution in [-0.2, 0) is 0 Å². The van der Waals surface area contributed by atoms with Gasteiger partial charge in [0.15, 0.2) is 0 Å². The van der Waals surface area contributed by atoms with Crippen LogP contribution in [0.5, 0.6) is 5.75 Å². The molecule has 2 N–H and O–H groups in total. The van der Waals surface area contributed by atoms with Crippen molar-refractivity contribution in [3.8, 4) is 5.75 Å². The van der Waals surface area contributed by atoms with Gasteiger partial charge < -0.3 is 10.4 Å². The predicted octanol–water partition coefficient (Wildman–Crippen LogP) is 3.48. The van der Waals surface area contributed by atoms with Gasteiger partial charge in [0.05, 0.1) is 0 Å². The number of rotatable bonds is 4. The van der Waals surface area contributed by atoms with E-state index in [-0.39, 0.29) is 0 Å². The van der Waals surface area contributed by atoms with Crippen LogP contribution in [0.2, 0.25) is 0 Å². The maximum absolute atomic E-state index is 9.20. The number of aromatic hydroxyl groups is 1. The fraction of sp³-hybridized carbons (Fsp3) is 0.571. The lowest BCUT2D eigenvalue weighted by Crippen LogP contribution is -2.23. The number of phenolic OH excluding ortho intramolecular Hbond substituents is 1. The second kappa shape index (κ2) is 5.35. The van der Waals surface area contributed by atoms with E-state index in [1.165, 1.54) is 5.56 Å².